The van der Waals surface area contributed by atoms with E-state index in [4.69, 9.17) is 5.11 Å². The minimum absolute atomic E-state index is 0.133. The molecule has 0 saturated carbocycles. The van der Waals surface area contributed by atoms with Crippen molar-refractivity contribution in [3.8, 4) is 0 Å². The molecule has 0 fully saturated rings. The van der Waals surface area contributed by atoms with Gasteiger partial charge in [-0.05, 0) is 24.1 Å². The quantitative estimate of drug-likeness (QED) is 0.707. The molecule has 0 aliphatic rings. The number of alkyl halides is 4. The van der Waals surface area contributed by atoms with Crippen molar-refractivity contribution in [1.82, 2.24) is 5.32 Å². The zero-order valence-corrected chi connectivity index (χ0v) is 12.9. The fourth-order valence-corrected chi connectivity index (χ4v) is 2.03. The van der Waals surface area contributed by atoms with Crippen LogP contribution in [0.1, 0.15) is 30.9 Å². The first kappa shape index (κ1) is 19.7. The second-order valence-corrected chi connectivity index (χ2v) is 5.00. The maximum absolute atomic E-state index is 12.8. The Hall–Kier alpha value is -2.38. The van der Waals surface area contributed by atoms with Crippen LogP contribution in [0.4, 0.5) is 17.6 Å². The Bertz CT molecular complexity index is 626. The first-order chi connectivity index (χ1) is 11.2. The lowest BCUT2D eigenvalue weighted by Gasteiger charge is -2.19. The summed E-state index contributed by atoms with van der Waals surface area (Å²) in [5.74, 6) is -2.31. The maximum Gasteiger partial charge on any atom is 0.416 e. The summed E-state index contributed by atoms with van der Waals surface area (Å²) < 4.78 is 51.0. The molecule has 1 aromatic rings. The number of aliphatic carboxylic acids is 1. The van der Waals surface area contributed by atoms with Crippen LogP contribution in [0.5, 0.6) is 0 Å². The molecular weight excluding hydrogens is 330 g/mol. The molecule has 0 amide bonds. The van der Waals surface area contributed by atoms with E-state index in [1.807, 2.05) is 0 Å². The fourth-order valence-electron chi connectivity index (χ4n) is 2.03. The molecular formula is C16H17F4NO3. The van der Waals surface area contributed by atoms with Crippen LogP contribution in [-0.4, -0.2) is 29.6 Å². The van der Waals surface area contributed by atoms with Gasteiger partial charge in [0.05, 0.1) is 18.0 Å². The van der Waals surface area contributed by atoms with E-state index in [2.05, 4.69) is 5.32 Å². The first-order valence-corrected chi connectivity index (χ1v) is 7.13. The summed E-state index contributed by atoms with van der Waals surface area (Å²) in [4.78, 5) is 22.3. The standard InChI is InChI=1S/C16H17F4NO3/c1-2-4-12(21-13(8-15(23)24)14(22)9-17)10-5-3-6-11(7-10)16(18,19)20/h3-7,13,21H,2,8-9H2,1H3,(H,23,24)/b12-4+. The number of halogens is 4. The van der Waals surface area contributed by atoms with Gasteiger partial charge >= 0.3 is 12.1 Å². The van der Waals surface area contributed by atoms with Gasteiger partial charge in [0.15, 0.2) is 5.78 Å². The maximum atomic E-state index is 12.8. The number of rotatable bonds is 8. The van der Waals surface area contributed by atoms with Gasteiger partial charge in [0.25, 0.3) is 0 Å². The molecule has 8 heteroatoms. The summed E-state index contributed by atoms with van der Waals surface area (Å²) in [7, 11) is 0. The Balaban J connectivity index is 3.16. The van der Waals surface area contributed by atoms with Gasteiger partial charge in [0.1, 0.15) is 6.67 Å². The molecule has 0 heterocycles. The number of carboxylic acids is 1. The number of hydrogen-bond donors (Lipinski definition) is 2. The molecule has 1 aromatic carbocycles. The molecule has 0 spiro atoms. The van der Waals surface area contributed by atoms with Gasteiger partial charge in [0, 0.05) is 5.70 Å². The van der Waals surface area contributed by atoms with Crippen LogP contribution >= 0.6 is 0 Å². The van der Waals surface area contributed by atoms with Crippen molar-refractivity contribution in [2.45, 2.75) is 32.0 Å². The Morgan fingerprint density at radius 1 is 1.33 bits per heavy atom. The first-order valence-electron chi connectivity index (χ1n) is 7.13. The fraction of sp³-hybridized carbons (Fsp3) is 0.375. The van der Waals surface area contributed by atoms with E-state index < -0.39 is 42.6 Å². The van der Waals surface area contributed by atoms with Crippen LogP contribution in [-0.2, 0) is 15.8 Å². The number of carbonyl (C=O) groups is 2. The zero-order chi connectivity index (χ0) is 18.3. The molecule has 1 atom stereocenters. The number of carbonyl (C=O) groups excluding carboxylic acids is 1. The van der Waals surface area contributed by atoms with Gasteiger partial charge < -0.3 is 10.4 Å². The number of Topliss-reactive ketones (excluding diaryl/α,β-unsaturated/α-hetero) is 1. The van der Waals surface area contributed by atoms with Crippen LogP contribution in [0.3, 0.4) is 0 Å². The largest absolute Gasteiger partial charge is 0.481 e. The second kappa shape index (κ2) is 8.47. The van der Waals surface area contributed by atoms with E-state index in [1.54, 1.807) is 6.92 Å². The number of nitrogens with one attached hydrogen (secondary N) is 1. The minimum atomic E-state index is -4.54. The molecule has 0 aliphatic carbocycles. The highest BCUT2D eigenvalue weighted by Crippen LogP contribution is 2.30. The van der Waals surface area contributed by atoms with Gasteiger partial charge in [-0.3, -0.25) is 9.59 Å². The molecule has 0 bridgehead atoms. The molecule has 0 radical (unpaired) electrons. The summed E-state index contributed by atoms with van der Waals surface area (Å²) in [6.45, 7) is 0.353. The van der Waals surface area contributed by atoms with Gasteiger partial charge in [-0.2, -0.15) is 13.2 Å². The Kier molecular flexibility index (Phi) is 6.94. The summed E-state index contributed by atoms with van der Waals surface area (Å²) in [6, 6.07) is 3.01. The number of hydrogen-bond acceptors (Lipinski definition) is 3. The monoisotopic (exact) mass is 347 g/mol. The predicted octanol–water partition coefficient (Wildman–Crippen LogP) is 3.43. The van der Waals surface area contributed by atoms with Gasteiger partial charge in [-0.25, -0.2) is 4.39 Å². The van der Waals surface area contributed by atoms with Crippen LogP contribution in [0.25, 0.3) is 5.70 Å². The van der Waals surface area contributed by atoms with Gasteiger partial charge in [-0.15, -0.1) is 0 Å². The van der Waals surface area contributed by atoms with Gasteiger partial charge in [-0.1, -0.05) is 25.1 Å². The van der Waals surface area contributed by atoms with Crippen molar-refractivity contribution in [2.75, 3.05) is 6.67 Å². The van der Waals surface area contributed by atoms with Crippen LogP contribution in [0, 0.1) is 0 Å². The molecule has 132 valence electrons. The third-order valence-electron chi connectivity index (χ3n) is 3.14. The molecule has 0 saturated heterocycles. The summed E-state index contributed by atoms with van der Waals surface area (Å²) in [5.41, 5.74) is -0.597. The Morgan fingerprint density at radius 3 is 2.50 bits per heavy atom. The molecule has 1 unspecified atom stereocenters. The van der Waals surface area contributed by atoms with Crippen molar-refractivity contribution < 1.29 is 32.3 Å². The SMILES string of the molecule is CC/C=C(/NC(CC(=O)O)C(=O)CF)c1cccc(C(F)(F)F)c1. The van der Waals surface area contributed by atoms with Crippen molar-refractivity contribution in [3.05, 3.63) is 41.5 Å². The number of benzene rings is 1. The summed E-state index contributed by atoms with van der Waals surface area (Å²) in [6.07, 6.45) is -3.29. The summed E-state index contributed by atoms with van der Waals surface area (Å²) >= 11 is 0. The Morgan fingerprint density at radius 2 is 2.00 bits per heavy atom. The zero-order valence-electron chi connectivity index (χ0n) is 12.9. The van der Waals surface area contributed by atoms with Crippen LogP contribution in [0.2, 0.25) is 0 Å². The number of carboxylic acid groups (broad SMARTS) is 1. The van der Waals surface area contributed by atoms with Crippen molar-refractivity contribution in [1.29, 1.82) is 0 Å². The molecule has 1 rings (SSSR count). The second-order valence-electron chi connectivity index (χ2n) is 5.00. The topological polar surface area (TPSA) is 66.4 Å². The third-order valence-corrected chi connectivity index (χ3v) is 3.14. The highest BCUT2D eigenvalue weighted by atomic mass is 19.4. The normalized spacial score (nSPS) is 13.5. The average Bonchev–Trinajstić information content (AvgIpc) is 2.51. The molecule has 0 aromatic heterocycles. The lowest BCUT2D eigenvalue weighted by Crippen LogP contribution is -2.38. The third kappa shape index (κ3) is 5.68. The number of ketones is 1. The van der Waals surface area contributed by atoms with E-state index in [0.29, 0.717) is 6.42 Å². The predicted molar refractivity (Wildman–Crippen MR) is 79.9 cm³/mol. The highest BCUT2D eigenvalue weighted by molar-refractivity contribution is 5.90. The molecule has 2 N–H and O–H groups in total. The molecule has 24 heavy (non-hydrogen) atoms. The van der Waals surface area contributed by atoms with E-state index in [0.717, 1.165) is 12.1 Å². The highest BCUT2D eigenvalue weighted by Gasteiger charge is 2.31. The minimum Gasteiger partial charge on any atom is -0.481 e. The van der Waals surface area contributed by atoms with Crippen molar-refractivity contribution >= 4 is 17.4 Å². The van der Waals surface area contributed by atoms with Crippen LogP contribution in [0.15, 0.2) is 30.3 Å². The Labute approximate surface area is 136 Å². The summed E-state index contributed by atoms with van der Waals surface area (Å²) in [5, 5.41) is 11.4. The lowest BCUT2D eigenvalue weighted by molar-refractivity contribution is -0.139. The van der Waals surface area contributed by atoms with E-state index in [-0.39, 0.29) is 11.3 Å². The average molecular weight is 347 g/mol. The van der Waals surface area contributed by atoms with E-state index in [9.17, 15) is 27.2 Å². The van der Waals surface area contributed by atoms with Gasteiger partial charge in [0.2, 0.25) is 0 Å². The smallest absolute Gasteiger partial charge is 0.416 e. The van der Waals surface area contributed by atoms with Crippen molar-refractivity contribution in [3.63, 3.8) is 0 Å². The molecule has 0 aliphatic heterocycles. The van der Waals surface area contributed by atoms with E-state index >= 15 is 0 Å². The molecule has 4 nitrogen and oxygen atoms in total. The lowest BCUT2D eigenvalue weighted by atomic mass is 10.0. The van der Waals surface area contributed by atoms with E-state index in [1.165, 1.54) is 18.2 Å². The van der Waals surface area contributed by atoms with Crippen LogP contribution < -0.4 is 5.32 Å². The van der Waals surface area contributed by atoms with Crippen molar-refractivity contribution in [2.24, 2.45) is 0 Å². The number of allylic oxidation sites excluding steroid dienone is 1.